The highest BCUT2D eigenvalue weighted by molar-refractivity contribution is 5.50. The van der Waals surface area contributed by atoms with E-state index in [2.05, 4.69) is 55.6 Å². The van der Waals surface area contributed by atoms with E-state index in [4.69, 9.17) is 0 Å². The van der Waals surface area contributed by atoms with Crippen molar-refractivity contribution in [2.24, 2.45) is 0 Å². The van der Waals surface area contributed by atoms with Crippen molar-refractivity contribution in [3.63, 3.8) is 0 Å². The Morgan fingerprint density at radius 1 is 1.29 bits per heavy atom. The Bertz CT molecular complexity index is 285. The van der Waals surface area contributed by atoms with Gasteiger partial charge < -0.3 is 5.32 Å². The number of nitrogens with one attached hydrogen (secondary N) is 1. The molecule has 1 aromatic rings. The van der Waals surface area contributed by atoms with Gasteiger partial charge in [-0.3, -0.25) is 0 Å². The molecule has 0 fully saturated rings. The summed E-state index contributed by atoms with van der Waals surface area (Å²) in [6.45, 7) is 4.31. The maximum Gasteiger partial charge on any atom is 0.0221 e. The largest absolute Gasteiger partial charge is 0.314 e. The molecule has 0 amide bonds. The lowest BCUT2D eigenvalue weighted by molar-refractivity contribution is 0.731. The topological polar surface area (TPSA) is 12.0 Å². The molecule has 1 atom stereocenters. The van der Waals surface area contributed by atoms with Crippen molar-refractivity contribution in [2.75, 3.05) is 7.05 Å². The Morgan fingerprint density at radius 3 is 2.43 bits per heavy atom. The molecule has 0 heterocycles. The van der Waals surface area contributed by atoms with Gasteiger partial charge in [0.1, 0.15) is 0 Å². The average Bonchev–Trinajstić information content (AvgIpc) is 2.26. The molecule has 1 rings (SSSR count). The van der Waals surface area contributed by atoms with E-state index >= 15 is 0 Å². The van der Waals surface area contributed by atoms with Crippen molar-refractivity contribution in [3.8, 4) is 0 Å². The van der Waals surface area contributed by atoms with Gasteiger partial charge in [0.15, 0.2) is 0 Å². The Hall–Kier alpha value is -1.08. The molecule has 0 spiro atoms. The number of benzene rings is 1. The highest BCUT2D eigenvalue weighted by Gasteiger charge is 1.91. The van der Waals surface area contributed by atoms with Crippen LogP contribution < -0.4 is 5.32 Å². The molecule has 0 aromatic heterocycles. The second-order valence-electron chi connectivity index (χ2n) is 3.53. The van der Waals surface area contributed by atoms with Gasteiger partial charge in [0.25, 0.3) is 0 Å². The number of aryl methyl sites for hydroxylation is 1. The van der Waals surface area contributed by atoms with Gasteiger partial charge in [0.2, 0.25) is 0 Å². The van der Waals surface area contributed by atoms with Crippen LogP contribution in [0, 0.1) is 0 Å². The van der Waals surface area contributed by atoms with Gasteiger partial charge in [-0.2, -0.15) is 0 Å². The molecule has 76 valence electrons. The van der Waals surface area contributed by atoms with Gasteiger partial charge in [-0.25, -0.2) is 0 Å². The molecule has 0 aliphatic heterocycles. The molecule has 0 bridgehead atoms. The Kier molecular flexibility index (Phi) is 4.41. The van der Waals surface area contributed by atoms with Crippen molar-refractivity contribution in [1.29, 1.82) is 0 Å². The minimum atomic E-state index is 0.431. The normalized spacial score (nSPS) is 13.4. The fourth-order valence-electron chi connectivity index (χ4n) is 1.22. The standard InChI is InChI=1S/C13H19N/c1-4-12-7-9-13(10-8-12)6-5-11(2)14-3/h5-11,14H,4H2,1-3H3/b6-5+/t11-/m0/s1. The van der Waals surface area contributed by atoms with Crippen LogP contribution >= 0.6 is 0 Å². The number of rotatable bonds is 4. The van der Waals surface area contributed by atoms with Gasteiger partial charge in [-0.05, 0) is 31.5 Å². The highest BCUT2D eigenvalue weighted by Crippen LogP contribution is 2.06. The second-order valence-corrected chi connectivity index (χ2v) is 3.53. The smallest absolute Gasteiger partial charge is 0.0221 e. The first-order chi connectivity index (χ1) is 6.76. The van der Waals surface area contributed by atoms with E-state index in [0.29, 0.717) is 6.04 Å². The first-order valence-electron chi connectivity index (χ1n) is 5.20. The number of likely N-dealkylation sites (N-methyl/N-ethyl adjacent to an activating group) is 1. The second kappa shape index (κ2) is 5.61. The summed E-state index contributed by atoms with van der Waals surface area (Å²) in [5, 5.41) is 3.17. The lowest BCUT2D eigenvalue weighted by Gasteiger charge is -2.02. The Morgan fingerprint density at radius 2 is 1.93 bits per heavy atom. The number of hydrogen-bond acceptors (Lipinski definition) is 1. The quantitative estimate of drug-likeness (QED) is 0.768. The number of hydrogen-bond donors (Lipinski definition) is 1. The van der Waals surface area contributed by atoms with Crippen LogP contribution in [-0.2, 0) is 6.42 Å². The average molecular weight is 189 g/mol. The molecular weight excluding hydrogens is 170 g/mol. The molecule has 1 nitrogen and oxygen atoms in total. The zero-order chi connectivity index (χ0) is 10.4. The first-order valence-corrected chi connectivity index (χ1v) is 5.20. The zero-order valence-electron chi connectivity index (χ0n) is 9.25. The SMILES string of the molecule is CCc1ccc(/C=C/[C@H](C)NC)cc1. The van der Waals surface area contributed by atoms with Crippen LogP contribution in [0.4, 0.5) is 0 Å². The maximum atomic E-state index is 3.17. The van der Waals surface area contributed by atoms with E-state index in [0.717, 1.165) is 6.42 Å². The molecule has 14 heavy (non-hydrogen) atoms. The van der Waals surface area contributed by atoms with Crippen molar-refractivity contribution >= 4 is 6.08 Å². The zero-order valence-corrected chi connectivity index (χ0v) is 9.25. The van der Waals surface area contributed by atoms with Gasteiger partial charge in [0, 0.05) is 6.04 Å². The molecule has 0 unspecified atom stereocenters. The molecule has 1 aromatic carbocycles. The lowest BCUT2D eigenvalue weighted by Crippen LogP contribution is -2.17. The van der Waals surface area contributed by atoms with E-state index < -0.39 is 0 Å². The van der Waals surface area contributed by atoms with Gasteiger partial charge >= 0.3 is 0 Å². The van der Waals surface area contributed by atoms with Crippen LogP contribution in [0.3, 0.4) is 0 Å². The molecule has 0 aliphatic carbocycles. The highest BCUT2D eigenvalue weighted by atomic mass is 14.8. The van der Waals surface area contributed by atoms with E-state index in [-0.39, 0.29) is 0 Å². The van der Waals surface area contributed by atoms with Crippen molar-refractivity contribution in [3.05, 3.63) is 41.5 Å². The molecule has 1 heteroatoms. The Balaban J connectivity index is 2.64. The van der Waals surface area contributed by atoms with Crippen LogP contribution in [0.2, 0.25) is 0 Å². The van der Waals surface area contributed by atoms with E-state index in [1.54, 1.807) is 0 Å². The lowest BCUT2D eigenvalue weighted by atomic mass is 10.1. The minimum absolute atomic E-state index is 0.431. The third-order valence-corrected chi connectivity index (χ3v) is 2.42. The summed E-state index contributed by atoms with van der Waals surface area (Å²) in [6.07, 6.45) is 5.43. The summed E-state index contributed by atoms with van der Waals surface area (Å²) >= 11 is 0. The molecule has 0 saturated carbocycles. The molecule has 1 N–H and O–H groups in total. The predicted molar refractivity (Wildman–Crippen MR) is 63.4 cm³/mol. The van der Waals surface area contributed by atoms with Crippen molar-refractivity contribution in [2.45, 2.75) is 26.3 Å². The van der Waals surface area contributed by atoms with Crippen molar-refractivity contribution in [1.82, 2.24) is 5.32 Å². The summed E-state index contributed by atoms with van der Waals surface area (Å²) in [6, 6.07) is 9.13. The molecule has 0 saturated heterocycles. The van der Waals surface area contributed by atoms with Crippen LogP contribution in [0.25, 0.3) is 6.08 Å². The fourth-order valence-corrected chi connectivity index (χ4v) is 1.22. The summed E-state index contributed by atoms with van der Waals surface area (Å²) < 4.78 is 0. The van der Waals surface area contributed by atoms with Crippen LogP contribution in [0.15, 0.2) is 30.3 Å². The van der Waals surface area contributed by atoms with E-state index in [1.807, 2.05) is 7.05 Å². The monoisotopic (exact) mass is 189 g/mol. The van der Waals surface area contributed by atoms with Crippen LogP contribution in [0.1, 0.15) is 25.0 Å². The summed E-state index contributed by atoms with van der Waals surface area (Å²) in [4.78, 5) is 0. The van der Waals surface area contributed by atoms with Crippen molar-refractivity contribution < 1.29 is 0 Å². The third-order valence-electron chi connectivity index (χ3n) is 2.42. The molecule has 0 radical (unpaired) electrons. The van der Waals surface area contributed by atoms with E-state index in [9.17, 15) is 0 Å². The Labute approximate surface area is 86.8 Å². The molecule has 0 aliphatic rings. The summed E-state index contributed by atoms with van der Waals surface area (Å²) in [5.41, 5.74) is 2.66. The van der Waals surface area contributed by atoms with Gasteiger partial charge in [0.05, 0.1) is 0 Å². The van der Waals surface area contributed by atoms with Gasteiger partial charge in [-0.15, -0.1) is 0 Å². The van der Waals surface area contributed by atoms with Crippen LogP contribution in [0.5, 0.6) is 0 Å². The third kappa shape index (κ3) is 3.35. The fraction of sp³-hybridized carbons (Fsp3) is 0.385. The minimum Gasteiger partial charge on any atom is -0.314 e. The predicted octanol–water partition coefficient (Wildman–Crippen LogP) is 2.87. The summed E-state index contributed by atoms with van der Waals surface area (Å²) in [5.74, 6) is 0. The van der Waals surface area contributed by atoms with Gasteiger partial charge in [-0.1, -0.05) is 43.3 Å². The van der Waals surface area contributed by atoms with Crippen LogP contribution in [-0.4, -0.2) is 13.1 Å². The first kappa shape index (κ1) is 11.0. The summed E-state index contributed by atoms with van der Waals surface area (Å²) in [7, 11) is 1.97. The maximum absolute atomic E-state index is 3.17. The van der Waals surface area contributed by atoms with E-state index in [1.165, 1.54) is 11.1 Å². The molecular formula is C13H19N.